The average Bonchev–Trinajstić information content (AvgIpc) is 2.52. The number of rotatable bonds is 4. The van der Waals surface area contributed by atoms with Gasteiger partial charge in [-0.3, -0.25) is 0 Å². The molecule has 1 heterocycles. The topological polar surface area (TPSA) is 50.8 Å². The van der Waals surface area contributed by atoms with Crippen molar-refractivity contribution in [2.24, 2.45) is 0 Å². The Morgan fingerprint density at radius 1 is 1.30 bits per heavy atom. The predicted molar refractivity (Wildman–Crippen MR) is 90.7 cm³/mol. The number of nitrogens with one attached hydrogen (secondary N) is 1. The smallest absolute Gasteiger partial charge is 0.410 e. The van der Waals surface area contributed by atoms with Gasteiger partial charge in [-0.05, 0) is 51.3 Å². The zero-order chi connectivity index (χ0) is 16.9. The molecule has 0 aliphatic carbocycles. The lowest BCUT2D eigenvalue weighted by molar-refractivity contribution is 0.0187. The summed E-state index contributed by atoms with van der Waals surface area (Å²) in [6, 6.07) is 8.34. The third-order valence-corrected chi connectivity index (χ3v) is 3.83. The highest BCUT2D eigenvalue weighted by Gasteiger charge is 2.27. The minimum Gasteiger partial charge on any atom is -0.497 e. The van der Waals surface area contributed by atoms with E-state index in [4.69, 9.17) is 9.47 Å². The van der Waals surface area contributed by atoms with E-state index < -0.39 is 5.60 Å². The molecule has 1 saturated heterocycles. The predicted octanol–water partition coefficient (Wildman–Crippen LogP) is 3.18. The van der Waals surface area contributed by atoms with Crippen LogP contribution in [0.1, 0.15) is 39.2 Å². The van der Waals surface area contributed by atoms with Crippen molar-refractivity contribution in [1.82, 2.24) is 10.2 Å². The van der Waals surface area contributed by atoms with E-state index in [2.05, 4.69) is 17.4 Å². The van der Waals surface area contributed by atoms with Gasteiger partial charge in [0.2, 0.25) is 0 Å². The van der Waals surface area contributed by atoms with Crippen LogP contribution in [0.2, 0.25) is 0 Å². The van der Waals surface area contributed by atoms with E-state index in [-0.39, 0.29) is 6.09 Å². The molecule has 1 aromatic rings. The molecule has 1 atom stereocenters. The minimum absolute atomic E-state index is 0.214. The third kappa shape index (κ3) is 5.75. The highest BCUT2D eigenvalue weighted by Crippen LogP contribution is 2.16. The number of likely N-dealkylation sites (tertiary alicyclic amines) is 1. The van der Waals surface area contributed by atoms with Crippen molar-refractivity contribution < 1.29 is 14.3 Å². The van der Waals surface area contributed by atoms with Crippen molar-refractivity contribution >= 4 is 6.09 Å². The van der Waals surface area contributed by atoms with Crippen LogP contribution in [0.4, 0.5) is 4.79 Å². The first-order valence-corrected chi connectivity index (χ1v) is 8.21. The quantitative estimate of drug-likeness (QED) is 0.926. The SMILES string of the molecule is COc1ccc(CN[C@@H]2CCCN(C(=O)OC(C)(C)C)C2)cc1. The summed E-state index contributed by atoms with van der Waals surface area (Å²) in [5, 5.41) is 3.53. The molecular formula is C18H28N2O3. The van der Waals surface area contributed by atoms with Gasteiger partial charge in [0.25, 0.3) is 0 Å². The summed E-state index contributed by atoms with van der Waals surface area (Å²) in [7, 11) is 1.67. The number of carbonyl (C=O) groups excluding carboxylic acids is 1. The summed E-state index contributed by atoms with van der Waals surface area (Å²) >= 11 is 0. The first-order chi connectivity index (χ1) is 10.9. The van der Waals surface area contributed by atoms with Crippen LogP contribution >= 0.6 is 0 Å². The molecule has 5 nitrogen and oxygen atoms in total. The molecule has 1 N–H and O–H groups in total. The summed E-state index contributed by atoms with van der Waals surface area (Å²) in [5.74, 6) is 0.863. The Labute approximate surface area is 139 Å². The Morgan fingerprint density at radius 2 is 2.00 bits per heavy atom. The summed E-state index contributed by atoms with van der Waals surface area (Å²) in [6.45, 7) is 7.95. The largest absolute Gasteiger partial charge is 0.497 e. The fourth-order valence-electron chi connectivity index (χ4n) is 2.64. The molecule has 128 valence electrons. The Morgan fingerprint density at radius 3 is 2.61 bits per heavy atom. The number of nitrogens with zero attached hydrogens (tertiary/aromatic N) is 1. The second-order valence-electron chi connectivity index (χ2n) is 6.99. The molecule has 0 spiro atoms. The summed E-state index contributed by atoms with van der Waals surface area (Å²) in [5.41, 5.74) is 0.765. The first-order valence-electron chi connectivity index (χ1n) is 8.21. The lowest BCUT2D eigenvalue weighted by Gasteiger charge is -2.34. The fourth-order valence-corrected chi connectivity index (χ4v) is 2.64. The summed E-state index contributed by atoms with van der Waals surface area (Å²) < 4.78 is 10.6. The van der Waals surface area contributed by atoms with Crippen LogP contribution in [0, 0.1) is 0 Å². The Hall–Kier alpha value is -1.75. The second-order valence-corrected chi connectivity index (χ2v) is 6.99. The Balaban J connectivity index is 1.82. The molecule has 0 aromatic heterocycles. The van der Waals surface area contributed by atoms with Crippen molar-refractivity contribution in [3.05, 3.63) is 29.8 Å². The molecule has 1 aliphatic heterocycles. The molecule has 1 amide bonds. The fraction of sp³-hybridized carbons (Fsp3) is 0.611. The number of amides is 1. The van der Waals surface area contributed by atoms with Crippen molar-refractivity contribution in [2.45, 2.75) is 51.8 Å². The van der Waals surface area contributed by atoms with Crippen LogP contribution in [-0.2, 0) is 11.3 Å². The number of carbonyl (C=O) groups is 1. The van der Waals surface area contributed by atoms with Crippen molar-refractivity contribution in [3.63, 3.8) is 0 Å². The summed E-state index contributed by atoms with van der Waals surface area (Å²) in [4.78, 5) is 14.0. The molecule has 0 unspecified atom stereocenters. The maximum absolute atomic E-state index is 12.2. The van der Waals surface area contributed by atoms with Crippen molar-refractivity contribution in [3.8, 4) is 5.75 Å². The van der Waals surface area contributed by atoms with Gasteiger partial charge >= 0.3 is 6.09 Å². The van der Waals surface area contributed by atoms with E-state index in [1.54, 1.807) is 12.0 Å². The summed E-state index contributed by atoms with van der Waals surface area (Å²) in [6.07, 6.45) is 1.86. The molecule has 1 aromatic carbocycles. The Kier molecular flexibility index (Phi) is 5.88. The molecular weight excluding hydrogens is 292 g/mol. The molecule has 0 saturated carbocycles. The van der Waals surface area contributed by atoms with Crippen LogP contribution in [0.3, 0.4) is 0 Å². The van der Waals surface area contributed by atoms with Gasteiger partial charge in [-0.2, -0.15) is 0 Å². The van der Waals surface area contributed by atoms with Gasteiger partial charge < -0.3 is 19.7 Å². The zero-order valence-corrected chi connectivity index (χ0v) is 14.6. The van der Waals surface area contributed by atoms with Crippen molar-refractivity contribution in [2.75, 3.05) is 20.2 Å². The standard InChI is InChI=1S/C18H28N2O3/c1-18(2,3)23-17(21)20-11-5-6-15(13-20)19-12-14-7-9-16(22-4)10-8-14/h7-10,15,19H,5-6,11-13H2,1-4H3/t15-/m1/s1. The molecule has 23 heavy (non-hydrogen) atoms. The van der Waals surface area contributed by atoms with E-state index in [1.165, 1.54) is 5.56 Å². The molecule has 1 aliphatic rings. The lowest BCUT2D eigenvalue weighted by Crippen LogP contribution is -2.49. The van der Waals surface area contributed by atoms with Gasteiger partial charge in [0.05, 0.1) is 7.11 Å². The molecule has 0 bridgehead atoms. The zero-order valence-electron chi connectivity index (χ0n) is 14.6. The minimum atomic E-state index is -0.444. The highest BCUT2D eigenvalue weighted by atomic mass is 16.6. The van der Waals surface area contributed by atoms with E-state index in [1.807, 2.05) is 32.9 Å². The molecule has 2 rings (SSSR count). The van der Waals surface area contributed by atoms with Gasteiger partial charge in [-0.15, -0.1) is 0 Å². The molecule has 0 radical (unpaired) electrons. The Bertz CT molecular complexity index is 508. The van der Waals surface area contributed by atoms with Gasteiger partial charge in [0, 0.05) is 25.7 Å². The van der Waals surface area contributed by atoms with Crippen LogP contribution in [0.15, 0.2) is 24.3 Å². The number of piperidine rings is 1. The van der Waals surface area contributed by atoms with E-state index in [9.17, 15) is 4.79 Å². The molecule has 5 heteroatoms. The third-order valence-electron chi connectivity index (χ3n) is 3.83. The van der Waals surface area contributed by atoms with Gasteiger partial charge in [0.15, 0.2) is 0 Å². The van der Waals surface area contributed by atoms with Gasteiger partial charge in [-0.1, -0.05) is 12.1 Å². The maximum atomic E-state index is 12.2. The van der Waals surface area contributed by atoms with E-state index in [0.29, 0.717) is 12.6 Å². The number of benzene rings is 1. The second kappa shape index (κ2) is 7.68. The number of hydrogen-bond donors (Lipinski definition) is 1. The van der Waals surface area contributed by atoms with Crippen LogP contribution in [0.25, 0.3) is 0 Å². The molecule has 1 fully saturated rings. The number of hydrogen-bond acceptors (Lipinski definition) is 4. The average molecular weight is 320 g/mol. The van der Waals surface area contributed by atoms with Crippen LogP contribution in [-0.4, -0.2) is 42.8 Å². The number of methoxy groups -OCH3 is 1. The number of ether oxygens (including phenoxy) is 2. The highest BCUT2D eigenvalue weighted by molar-refractivity contribution is 5.68. The monoisotopic (exact) mass is 320 g/mol. The van der Waals surface area contributed by atoms with Crippen molar-refractivity contribution in [1.29, 1.82) is 0 Å². The van der Waals surface area contributed by atoms with Gasteiger partial charge in [-0.25, -0.2) is 4.79 Å². The van der Waals surface area contributed by atoms with Gasteiger partial charge in [0.1, 0.15) is 11.4 Å². The van der Waals surface area contributed by atoms with E-state index in [0.717, 1.165) is 31.7 Å². The van der Waals surface area contributed by atoms with Crippen LogP contribution in [0.5, 0.6) is 5.75 Å². The van der Waals surface area contributed by atoms with Crippen LogP contribution < -0.4 is 10.1 Å². The lowest BCUT2D eigenvalue weighted by atomic mass is 10.1. The van der Waals surface area contributed by atoms with E-state index >= 15 is 0 Å². The first kappa shape index (κ1) is 17.6. The normalized spacial score (nSPS) is 18.6. The maximum Gasteiger partial charge on any atom is 0.410 e.